The molecule has 0 aliphatic carbocycles. The maximum atomic E-state index is 13.8. The third-order valence-corrected chi connectivity index (χ3v) is 6.51. The quantitative estimate of drug-likeness (QED) is 0.470. The van der Waals surface area contributed by atoms with Gasteiger partial charge in [-0.15, -0.1) is 0 Å². The van der Waals surface area contributed by atoms with Crippen molar-refractivity contribution < 1.29 is 23.2 Å². The molecule has 37 heavy (non-hydrogen) atoms. The predicted molar refractivity (Wildman–Crippen MR) is 131 cm³/mol. The third kappa shape index (κ3) is 4.99. The number of benzene rings is 1. The van der Waals surface area contributed by atoms with Crippen molar-refractivity contribution in [2.24, 2.45) is 13.0 Å². The average molecular weight is 512 g/mol. The van der Waals surface area contributed by atoms with Crippen molar-refractivity contribution in [3.8, 4) is 0 Å². The van der Waals surface area contributed by atoms with Gasteiger partial charge in [-0.2, -0.15) is 5.10 Å². The van der Waals surface area contributed by atoms with E-state index in [2.05, 4.69) is 15.4 Å². The van der Waals surface area contributed by atoms with Crippen molar-refractivity contribution in [2.75, 3.05) is 17.7 Å². The number of aryl methyl sites for hydroxylation is 1. The molecule has 1 saturated heterocycles. The van der Waals surface area contributed by atoms with Crippen LogP contribution >= 0.6 is 0 Å². The first kappa shape index (κ1) is 25.7. The number of nitrogens with one attached hydrogen (secondary N) is 1. The van der Waals surface area contributed by atoms with Crippen LogP contribution in [0.2, 0.25) is 0 Å². The number of imide groups is 1. The number of nitrogens with two attached hydrogens (primary N) is 1. The predicted octanol–water partition coefficient (Wildman–Crippen LogP) is 2.57. The van der Waals surface area contributed by atoms with Crippen LogP contribution in [0.5, 0.6) is 0 Å². The molecule has 1 aliphatic heterocycles. The standard InChI is InChI=1S/C25H27F2N7O3/c1-4-19(15-5-6-17(26)18(27)13-15)31-25(37)34-22(24(36)32(2)21-8-10-30-33(21)3)16(23(34)35)11-14-7-9-29-20(28)12-14/h5-10,12-13,16,19,22H,4,11H2,1-3H3,(H2,28,29)(H,31,37)/t16-,19-,22+/m1/s1. The molecule has 0 spiro atoms. The summed E-state index contributed by atoms with van der Waals surface area (Å²) in [6.07, 6.45) is 3.54. The largest absolute Gasteiger partial charge is 0.384 e. The molecule has 3 atom stereocenters. The molecule has 0 unspecified atom stereocenters. The van der Waals surface area contributed by atoms with Gasteiger partial charge in [-0.05, 0) is 48.2 Å². The van der Waals surface area contributed by atoms with E-state index in [9.17, 15) is 23.2 Å². The minimum absolute atomic E-state index is 0.172. The highest BCUT2D eigenvalue weighted by atomic mass is 19.2. The number of hydrogen-bond acceptors (Lipinski definition) is 6. The Morgan fingerprint density at radius 1 is 1.16 bits per heavy atom. The topological polar surface area (TPSA) is 126 Å². The number of urea groups is 1. The van der Waals surface area contributed by atoms with Crippen LogP contribution in [0.4, 0.5) is 25.2 Å². The summed E-state index contributed by atoms with van der Waals surface area (Å²) in [5.74, 6) is -3.15. The molecule has 12 heteroatoms. The Labute approximate surface area is 212 Å². The van der Waals surface area contributed by atoms with Gasteiger partial charge in [0, 0.05) is 26.4 Å². The summed E-state index contributed by atoms with van der Waals surface area (Å²) in [4.78, 5) is 46.2. The lowest BCUT2D eigenvalue weighted by molar-refractivity contribution is -0.156. The van der Waals surface area contributed by atoms with E-state index in [1.54, 1.807) is 32.2 Å². The van der Waals surface area contributed by atoms with E-state index in [1.807, 2.05) is 0 Å². The van der Waals surface area contributed by atoms with Gasteiger partial charge < -0.3 is 11.1 Å². The molecular formula is C25H27F2N7O3. The minimum atomic E-state index is -1.11. The van der Waals surface area contributed by atoms with E-state index in [4.69, 9.17) is 5.73 Å². The number of rotatable bonds is 7. The van der Waals surface area contributed by atoms with Crippen molar-refractivity contribution in [1.82, 2.24) is 25.0 Å². The third-order valence-electron chi connectivity index (χ3n) is 6.51. The van der Waals surface area contributed by atoms with Gasteiger partial charge in [0.1, 0.15) is 17.7 Å². The molecule has 1 aliphatic rings. The number of likely N-dealkylation sites (N-methyl/N-ethyl adjacent to an activating group) is 1. The fraction of sp³-hybridized carbons (Fsp3) is 0.320. The molecule has 0 radical (unpaired) electrons. The fourth-order valence-corrected chi connectivity index (χ4v) is 4.51. The van der Waals surface area contributed by atoms with E-state index < -0.39 is 47.5 Å². The molecule has 3 aromatic rings. The van der Waals surface area contributed by atoms with Crippen LogP contribution in [-0.2, 0) is 23.1 Å². The molecule has 4 rings (SSSR count). The van der Waals surface area contributed by atoms with Gasteiger partial charge in [-0.25, -0.2) is 18.6 Å². The van der Waals surface area contributed by atoms with Gasteiger partial charge in [-0.3, -0.25) is 24.1 Å². The van der Waals surface area contributed by atoms with Crippen LogP contribution in [-0.4, -0.2) is 50.6 Å². The Balaban J connectivity index is 1.61. The van der Waals surface area contributed by atoms with E-state index in [0.717, 1.165) is 17.0 Å². The lowest BCUT2D eigenvalue weighted by Gasteiger charge is -2.46. The van der Waals surface area contributed by atoms with Gasteiger partial charge >= 0.3 is 6.03 Å². The molecule has 1 aromatic carbocycles. The number of likely N-dealkylation sites (tertiary alicyclic amines) is 1. The number of carbonyl (C=O) groups is 3. The smallest absolute Gasteiger partial charge is 0.325 e. The molecule has 2 aromatic heterocycles. The number of nitrogens with zero attached hydrogens (tertiary/aromatic N) is 5. The van der Waals surface area contributed by atoms with Crippen molar-refractivity contribution in [2.45, 2.75) is 31.8 Å². The van der Waals surface area contributed by atoms with Crippen LogP contribution in [0.15, 0.2) is 48.8 Å². The van der Waals surface area contributed by atoms with Crippen molar-refractivity contribution >= 4 is 29.5 Å². The molecule has 3 N–H and O–H groups in total. The Bertz CT molecular complexity index is 1350. The SMILES string of the molecule is CC[C@@H](NC(=O)N1C(=O)[C@H](Cc2ccnc(N)c2)[C@H]1C(=O)N(C)c1ccnn1C)c1ccc(F)c(F)c1. The van der Waals surface area contributed by atoms with Crippen LogP contribution < -0.4 is 16.0 Å². The zero-order chi connectivity index (χ0) is 26.9. The van der Waals surface area contributed by atoms with E-state index >= 15 is 0 Å². The first-order chi connectivity index (χ1) is 17.6. The molecule has 4 amide bonds. The number of halogens is 2. The number of pyridine rings is 1. The summed E-state index contributed by atoms with van der Waals surface area (Å²) in [6.45, 7) is 1.75. The number of carbonyl (C=O) groups excluding carboxylic acids is 3. The van der Waals surface area contributed by atoms with Crippen LogP contribution in [0.25, 0.3) is 0 Å². The molecule has 194 valence electrons. The second kappa shape index (κ2) is 10.3. The molecule has 1 fully saturated rings. The fourth-order valence-electron chi connectivity index (χ4n) is 4.51. The van der Waals surface area contributed by atoms with E-state index in [-0.39, 0.29) is 12.2 Å². The number of aromatic nitrogens is 3. The van der Waals surface area contributed by atoms with Crippen LogP contribution in [0.1, 0.15) is 30.5 Å². The summed E-state index contributed by atoms with van der Waals surface area (Å²) in [5.41, 5.74) is 6.80. The maximum Gasteiger partial charge on any atom is 0.325 e. The second-order valence-corrected chi connectivity index (χ2v) is 8.85. The van der Waals surface area contributed by atoms with Gasteiger partial charge in [0.2, 0.25) is 5.91 Å². The van der Waals surface area contributed by atoms with Gasteiger partial charge in [-0.1, -0.05) is 13.0 Å². The van der Waals surface area contributed by atoms with Gasteiger partial charge in [0.25, 0.3) is 5.91 Å². The first-order valence-electron chi connectivity index (χ1n) is 11.7. The number of β-lactam (4-membered cyclic amide) rings is 1. The molecular weight excluding hydrogens is 484 g/mol. The van der Waals surface area contributed by atoms with Crippen molar-refractivity contribution in [3.63, 3.8) is 0 Å². The Morgan fingerprint density at radius 3 is 2.54 bits per heavy atom. The highest BCUT2D eigenvalue weighted by molar-refractivity contribution is 6.12. The Morgan fingerprint density at radius 2 is 1.92 bits per heavy atom. The molecule has 3 heterocycles. The van der Waals surface area contributed by atoms with Crippen molar-refractivity contribution in [3.05, 3.63) is 71.6 Å². The summed E-state index contributed by atoms with van der Waals surface area (Å²) < 4.78 is 28.7. The number of nitrogen functional groups attached to an aromatic ring is 1. The number of amides is 4. The van der Waals surface area contributed by atoms with E-state index in [1.165, 1.54) is 35.1 Å². The lowest BCUT2D eigenvalue weighted by Crippen LogP contribution is -2.70. The molecule has 0 bridgehead atoms. The summed E-state index contributed by atoms with van der Waals surface area (Å²) in [7, 11) is 3.20. The molecule has 0 saturated carbocycles. The van der Waals surface area contributed by atoms with Crippen molar-refractivity contribution in [1.29, 1.82) is 0 Å². The normalized spacial score (nSPS) is 17.8. The highest BCUT2D eigenvalue weighted by Crippen LogP contribution is 2.33. The highest BCUT2D eigenvalue weighted by Gasteiger charge is 2.55. The number of hydrogen-bond donors (Lipinski definition) is 2. The zero-order valence-electron chi connectivity index (χ0n) is 20.6. The summed E-state index contributed by atoms with van der Waals surface area (Å²) >= 11 is 0. The molecule has 10 nitrogen and oxygen atoms in total. The summed E-state index contributed by atoms with van der Waals surface area (Å²) in [5, 5.41) is 6.76. The Hall–Kier alpha value is -4.35. The monoisotopic (exact) mass is 511 g/mol. The second-order valence-electron chi connectivity index (χ2n) is 8.85. The zero-order valence-corrected chi connectivity index (χ0v) is 20.6. The number of anilines is 2. The Kier molecular flexibility index (Phi) is 7.18. The summed E-state index contributed by atoms with van der Waals surface area (Å²) in [6, 6.07) is 5.65. The minimum Gasteiger partial charge on any atom is -0.384 e. The van der Waals surface area contributed by atoms with Crippen LogP contribution in [0, 0.1) is 17.6 Å². The van der Waals surface area contributed by atoms with Crippen LogP contribution in [0.3, 0.4) is 0 Å². The van der Waals surface area contributed by atoms with Gasteiger partial charge in [0.05, 0.1) is 18.2 Å². The lowest BCUT2D eigenvalue weighted by atomic mass is 9.81. The van der Waals surface area contributed by atoms with E-state index in [0.29, 0.717) is 23.4 Å². The average Bonchev–Trinajstić information content (AvgIpc) is 3.30. The van der Waals surface area contributed by atoms with Gasteiger partial charge in [0.15, 0.2) is 11.6 Å². The first-order valence-corrected chi connectivity index (χ1v) is 11.7. The maximum absolute atomic E-state index is 13.8.